The Morgan fingerprint density at radius 1 is 1.31 bits per heavy atom. The molecule has 1 unspecified atom stereocenters. The van der Waals surface area contributed by atoms with Crippen LogP contribution in [-0.2, 0) is 0 Å². The molecule has 90 valence electrons. The summed E-state index contributed by atoms with van der Waals surface area (Å²) in [4.78, 5) is 1.30. The molecule has 1 aromatic rings. The molecule has 0 aliphatic rings. The fourth-order valence-corrected chi connectivity index (χ4v) is 2.37. The van der Waals surface area contributed by atoms with Crippen molar-refractivity contribution in [2.24, 2.45) is 0 Å². The van der Waals surface area contributed by atoms with Crippen molar-refractivity contribution in [1.29, 1.82) is 0 Å². The highest BCUT2D eigenvalue weighted by Crippen LogP contribution is 2.24. The molecule has 0 aliphatic heterocycles. The minimum atomic E-state index is 0.597. The van der Waals surface area contributed by atoms with Gasteiger partial charge < -0.3 is 10.1 Å². The van der Waals surface area contributed by atoms with E-state index in [4.69, 9.17) is 4.74 Å². The smallest absolute Gasteiger partial charge is 0.118 e. The van der Waals surface area contributed by atoms with E-state index in [0.717, 1.165) is 18.8 Å². The first kappa shape index (κ1) is 13.4. The highest BCUT2D eigenvalue weighted by Gasteiger charge is 2.03. The Kier molecular flexibility index (Phi) is 6.34. The fraction of sp³-hybridized carbons (Fsp3) is 0.538. The summed E-state index contributed by atoms with van der Waals surface area (Å²) in [6.45, 7) is 6.60. The number of methoxy groups -OCH3 is 1. The maximum atomic E-state index is 5.13. The van der Waals surface area contributed by atoms with Crippen LogP contribution in [0.15, 0.2) is 29.2 Å². The van der Waals surface area contributed by atoms with E-state index in [9.17, 15) is 0 Å². The Morgan fingerprint density at radius 2 is 2.00 bits per heavy atom. The van der Waals surface area contributed by atoms with Crippen molar-refractivity contribution >= 4 is 11.8 Å². The van der Waals surface area contributed by atoms with Crippen molar-refractivity contribution in [3.05, 3.63) is 24.3 Å². The van der Waals surface area contributed by atoms with E-state index in [1.165, 1.54) is 11.3 Å². The Bertz CT molecular complexity index is 286. The van der Waals surface area contributed by atoms with E-state index in [0.29, 0.717) is 5.25 Å². The van der Waals surface area contributed by atoms with Gasteiger partial charge in [0, 0.05) is 16.7 Å². The third kappa shape index (κ3) is 4.90. The number of ether oxygens (including phenoxy) is 1. The summed E-state index contributed by atoms with van der Waals surface area (Å²) in [7, 11) is 1.69. The number of nitrogens with one attached hydrogen (secondary N) is 1. The minimum Gasteiger partial charge on any atom is -0.497 e. The van der Waals surface area contributed by atoms with Crippen LogP contribution in [0.2, 0.25) is 0 Å². The molecular formula is C13H21NOS. The van der Waals surface area contributed by atoms with Crippen LogP contribution < -0.4 is 10.1 Å². The summed E-state index contributed by atoms with van der Waals surface area (Å²) in [6.07, 6.45) is 1.19. The van der Waals surface area contributed by atoms with E-state index in [1.807, 2.05) is 23.9 Å². The van der Waals surface area contributed by atoms with Crippen LogP contribution in [0.3, 0.4) is 0 Å². The van der Waals surface area contributed by atoms with Crippen molar-refractivity contribution in [1.82, 2.24) is 5.32 Å². The van der Waals surface area contributed by atoms with Gasteiger partial charge in [-0.2, -0.15) is 0 Å². The van der Waals surface area contributed by atoms with Gasteiger partial charge in [-0.15, -0.1) is 11.8 Å². The van der Waals surface area contributed by atoms with Crippen LogP contribution in [-0.4, -0.2) is 25.4 Å². The molecular weight excluding hydrogens is 218 g/mol. The molecule has 0 spiro atoms. The summed E-state index contributed by atoms with van der Waals surface area (Å²) in [6, 6.07) is 8.24. The molecule has 2 nitrogen and oxygen atoms in total. The summed E-state index contributed by atoms with van der Waals surface area (Å²) < 4.78 is 5.13. The quantitative estimate of drug-likeness (QED) is 0.583. The van der Waals surface area contributed by atoms with E-state index in [1.54, 1.807) is 7.11 Å². The molecule has 1 aromatic carbocycles. The second kappa shape index (κ2) is 7.58. The van der Waals surface area contributed by atoms with Crippen molar-refractivity contribution in [2.75, 3.05) is 20.2 Å². The van der Waals surface area contributed by atoms with Crippen LogP contribution in [0.4, 0.5) is 0 Å². The predicted octanol–water partition coefficient (Wildman–Crippen LogP) is 3.18. The number of benzene rings is 1. The Balaban J connectivity index is 2.34. The van der Waals surface area contributed by atoms with E-state index in [-0.39, 0.29) is 0 Å². The van der Waals surface area contributed by atoms with Crippen molar-refractivity contribution < 1.29 is 4.74 Å². The molecule has 0 aromatic heterocycles. The summed E-state index contributed by atoms with van der Waals surface area (Å²) in [5.74, 6) is 0.918. The average Bonchev–Trinajstić information content (AvgIpc) is 2.30. The highest BCUT2D eigenvalue weighted by molar-refractivity contribution is 8.00. The summed E-state index contributed by atoms with van der Waals surface area (Å²) >= 11 is 1.90. The summed E-state index contributed by atoms with van der Waals surface area (Å²) in [5, 5.41) is 4.03. The standard InChI is InChI=1S/C13H21NOS/c1-4-9-14-10-11(2)16-13-7-5-12(15-3)6-8-13/h5-8,11,14H,4,9-10H2,1-3H3. The predicted molar refractivity (Wildman–Crippen MR) is 71.5 cm³/mol. The lowest BCUT2D eigenvalue weighted by molar-refractivity contribution is 0.414. The van der Waals surface area contributed by atoms with Crippen LogP contribution in [0.25, 0.3) is 0 Å². The number of thioether (sulfide) groups is 1. The lowest BCUT2D eigenvalue weighted by Gasteiger charge is -2.12. The molecule has 0 saturated carbocycles. The highest BCUT2D eigenvalue weighted by atomic mass is 32.2. The maximum absolute atomic E-state index is 5.13. The zero-order valence-electron chi connectivity index (χ0n) is 10.3. The van der Waals surface area contributed by atoms with Gasteiger partial charge >= 0.3 is 0 Å². The van der Waals surface area contributed by atoms with Gasteiger partial charge in [0.2, 0.25) is 0 Å². The van der Waals surface area contributed by atoms with Gasteiger partial charge in [0.1, 0.15) is 5.75 Å². The van der Waals surface area contributed by atoms with Gasteiger partial charge in [0.05, 0.1) is 7.11 Å². The van der Waals surface area contributed by atoms with Gasteiger partial charge in [0.15, 0.2) is 0 Å². The van der Waals surface area contributed by atoms with Crippen LogP contribution in [0, 0.1) is 0 Å². The van der Waals surface area contributed by atoms with Crippen LogP contribution in [0.5, 0.6) is 5.75 Å². The van der Waals surface area contributed by atoms with E-state index in [2.05, 4.69) is 31.3 Å². The normalized spacial score (nSPS) is 12.4. The topological polar surface area (TPSA) is 21.3 Å². The van der Waals surface area contributed by atoms with Gasteiger partial charge in [-0.1, -0.05) is 13.8 Å². The van der Waals surface area contributed by atoms with Gasteiger partial charge in [0.25, 0.3) is 0 Å². The molecule has 0 bridgehead atoms. The largest absolute Gasteiger partial charge is 0.497 e. The number of rotatable bonds is 7. The molecule has 0 amide bonds. The third-order valence-electron chi connectivity index (χ3n) is 2.26. The first-order valence-corrected chi connectivity index (χ1v) is 6.65. The first-order chi connectivity index (χ1) is 7.76. The molecule has 1 atom stereocenters. The maximum Gasteiger partial charge on any atom is 0.118 e. The SMILES string of the molecule is CCCNCC(C)Sc1ccc(OC)cc1. The Labute approximate surface area is 103 Å². The molecule has 1 N–H and O–H groups in total. The third-order valence-corrected chi connectivity index (χ3v) is 3.37. The first-order valence-electron chi connectivity index (χ1n) is 5.77. The van der Waals surface area contributed by atoms with Crippen molar-refractivity contribution in [2.45, 2.75) is 30.4 Å². The van der Waals surface area contributed by atoms with Gasteiger partial charge in [-0.05, 0) is 37.2 Å². The Morgan fingerprint density at radius 3 is 2.56 bits per heavy atom. The monoisotopic (exact) mass is 239 g/mol. The molecule has 0 aliphatic carbocycles. The van der Waals surface area contributed by atoms with Crippen molar-refractivity contribution in [3.63, 3.8) is 0 Å². The summed E-state index contributed by atoms with van der Waals surface area (Å²) in [5.41, 5.74) is 0. The van der Waals surface area contributed by atoms with Crippen molar-refractivity contribution in [3.8, 4) is 5.75 Å². The molecule has 16 heavy (non-hydrogen) atoms. The minimum absolute atomic E-state index is 0.597. The second-order valence-electron chi connectivity index (χ2n) is 3.81. The van der Waals surface area contributed by atoms with Crippen LogP contribution in [0.1, 0.15) is 20.3 Å². The molecule has 0 fully saturated rings. The fourth-order valence-electron chi connectivity index (χ4n) is 1.41. The zero-order valence-corrected chi connectivity index (χ0v) is 11.1. The number of hydrogen-bond acceptors (Lipinski definition) is 3. The average molecular weight is 239 g/mol. The van der Waals surface area contributed by atoms with Gasteiger partial charge in [-0.25, -0.2) is 0 Å². The lowest BCUT2D eigenvalue weighted by Crippen LogP contribution is -2.23. The van der Waals surface area contributed by atoms with E-state index >= 15 is 0 Å². The van der Waals surface area contributed by atoms with E-state index < -0.39 is 0 Å². The zero-order chi connectivity index (χ0) is 11.8. The number of hydrogen-bond donors (Lipinski definition) is 1. The van der Waals surface area contributed by atoms with Gasteiger partial charge in [-0.3, -0.25) is 0 Å². The molecule has 1 rings (SSSR count). The molecule has 0 radical (unpaired) electrons. The van der Waals surface area contributed by atoms with Crippen LogP contribution >= 0.6 is 11.8 Å². The molecule has 0 heterocycles. The molecule has 0 saturated heterocycles. The molecule has 3 heteroatoms. The Hall–Kier alpha value is -0.670. The second-order valence-corrected chi connectivity index (χ2v) is 5.32. The lowest BCUT2D eigenvalue weighted by atomic mass is 10.3.